The van der Waals surface area contributed by atoms with E-state index in [1.54, 1.807) is 0 Å². The molecule has 1 aliphatic heterocycles. The van der Waals surface area contributed by atoms with Crippen LogP contribution in [0.4, 0.5) is 24.5 Å². The molecule has 3 rings (SSSR count). The van der Waals surface area contributed by atoms with Crippen molar-refractivity contribution in [2.24, 2.45) is 0 Å². The fourth-order valence-corrected chi connectivity index (χ4v) is 3.49. The Balaban J connectivity index is 2.01. The second-order valence-corrected chi connectivity index (χ2v) is 7.46. The van der Waals surface area contributed by atoms with Crippen LogP contribution in [0.25, 0.3) is 0 Å². The number of β-amino-alcohol motifs (C(OH)–C–C–N with tert-alkyl or cyclic N) is 1. The number of nitrogens with one attached hydrogen (secondary N) is 2. The van der Waals surface area contributed by atoms with Gasteiger partial charge in [-0.1, -0.05) is 30.3 Å². The summed E-state index contributed by atoms with van der Waals surface area (Å²) in [6.45, 7) is 1.35. The zero-order valence-corrected chi connectivity index (χ0v) is 18.1. The SMILES string of the molecule is COC(=O)C1=C(Nc2cc(C(F)(F)F)ccc2NC(C)c2ccccc2)C(=O)N(CCO)C1. The van der Waals surface area contributed by atoms with Gasteiger partial charge in [-0.15, -0.1) is 0 Å². The molecule has 0 spiro atoms. The highest BCUT2D eigenvalue weighted by Gasteiger charge is 2.36. The number of halogens is 3. The summed E-state index contributed by atoms with van der Waals surface area (Å²) in [5.41, 5.74) is 0.0535. The maximum atomic E-state index is 13.4. The van der Waals surface area contributed by atoms with E-state index >= 15 is 0 Å². The molecule has 0 aliphatic carbocycles. The number of benzene rings is 2. The Labute approximate surface area is 188 Å². The lowest BCUT2D eigenvalue weighted by Gasteiger charge is -2.21. The summed E-state index contributed by atoms with van der Waals surface area (Å²) in [4.78, 5) is 26.2. The van der Waals surface area contributed by atoms with Gasteiger partial charge in [0.05, 0.1) is 42.8 Å². The Morgan fingerprint density at radius 3 is 2.48 bits per heavy atom. The number of anilines is 2. The molecule has 10 heteroatoms. The highest BCUT2D eigenvalue weighted by atomic mass is 19.4. The van der Waals surface area contributed by atoms with Crippen molar-refractivity contribution in [2.45, 2.75) is 19.1 Å². The highest BCUT2D eigenvalue weighted by molar-refractivity contribution is 6.09. The van der Waals surface area contributed by atoms with E-state index in [9.17, 15) is 27.9 Å². The summed E-state index contributed by atoms with van der Waals surface area (Å²) in [5, 5.41) is 15.1. The van der Waals surface area contributed by atoms with Crippen LogP contribution < -0.4 is 10.6 Å². The van der Waals surface area contributed by atoms with E-state index in [2.05, 4.69) is 10.6 Å². The van der Waals surface area contributed by atoms with Crippen molar-refractivity contribution in [3.63, 3.8) is 0 Å². The normalized spacial score (nSPS) is 15.0. The maximum absolute atomic E-state index is 13.4. The fraction of sp³-hybridized carbons (Fsp3) is 0.304. The van der Waals surface area contributed by atoms with Crippen LogP contribution in [0.5, 0.6) is 0 Å². The molecule has 1 atom stereocenters. The van der Waals surface area contributed by atoms with Crippen LogP contribution in [0.15, 0.2) is 59.8 Å². The molecule has 0 fully saturated rings. The molecule has 2 aromatic rings. The largest absolute Gasteiger partial charge is 0.466 e. The third-order valence-corrected chi connectivity index (χ3v) is 5.23. The van der Waals surface area contributed by atoms with E-state index in [0.29, 0.717) is 5.69 Å². The van der Waals surface area contributed by atoms with Gasteiger partial charge < -0.3 is 25.4 Å². The molecule has 0 saturated heterocycles. The van der Waals surface area contributed by atoms with Crippen molar-refractivity contribution in [2.75, 3.05) is 37.4 Å². The Hall–Kier alpha value is -3.53. The summed E-state index contributed by atoms with van der Waals surface area (Å²) < 4.78 is 44.9. The molecule has 0 aromatic heterocycles. The van der Waals surface area contributed by atoms with E-state index in [-0.39, 0.29) is 42.7 Å². The van der Waals surface area contributed by atoms with Crippen LogP contribution in [-0.2, 0) is 20.5 Å². The molecule has 1 heterocycles. The predicted molar refractivity (Wildman–Crippen MR) is 116 cm³/mol. The van der Waals surface area contributed by atoms with E-state index in [1.165, 1.54) is 11.0 Å². The third-order valence-electron chi connectivity index (χ3n) is 5.23. The van der Waals surface area contributed by atoms with Gasteiger partial charge in [-0.25, -0.2) is 4.79 Å². The number of carbonyl (C=O) groups is 2. The number of alkyl halides is 3. The van der Waals surface area contributed by atoms with E-state index < -0.39 is 23.6 Å². The van der Waals surface area contributed by atoms with Crippen LogP contribution >= 0.6 is 0 Å². The molecule has 3 N–H and O–H groups in total. The first-order chi connectivity index (χ1) is 15.7. The second-order valence-electron chi connectivity index (χ2n) is 7.46. The number of rotatable bonds is 8. The van der Waals surface area contributed by atoms with Gasteiger partial charge in [0.25, 0.3) is 5.91 Å². The molecule has 0 bridgehead atoms. The number of ether oxygens (including phenoxy) is 1. The first kappa shape index (κ1) is 24.1. The van der Waals surface area contributed by atoms with Crippen molar-refractivity contribution in [3.8, 4) is 0 Å². The third kappa shape index (κ3) is 5.46. The van der Waals surface area contributed by atoms with Crippen molar-refractivity contribution < 1.29 is 32.6 Å². The fourth-order valence-electron chi connectivity index (χ4n) is 3.49. The minimum absolute atomic E-state index is 0.0248. The lowest BCUT2D eigenvalue weighted by Crippen LogP contribution is -2.31. The van der Waals surface area contributed by atoms with E-state index in [1.807, 2.05) is 37.3 Å². The molecule has 33 heavy (non-hydrogen) atoms. The lowest BCUT2D eigenvalue weighted by molar-refractivity contribution is -0.138. The van der Waals surface area contributed by atoms with Gasteiger partial charge in [0.15, 0.2) is 0 Å². The van der Waals surface area contributed by atoms with E-state index in [4.69, 9.17) is 4.74 Å². The first-order valence-electron chi connectivity index (χ1n) is 10.2. The number of aliphatic hydroxyl groups excluding tert-OH is 1. The average molecular weight is 463 g/mol. The van der Waals surface area contributed by atoms with Gasteiger partial charge in [0, 0.05) is 12.6 Å². The molecular formula is C23H24F3N3O4. The van der Waals surface area contributed by atoms with Gasteiger partial charge in [0.2, 0.25) is 0 Å². The van der Waals surface area contributed by atoms with Gasteiger partial charge in [0.1, 0.15) is 5.70 Å². The highest BCUT2D eigenvalue weighted by Crippen LogP contribution is 2.36. The average Bonchev–Trinajstić information content (AvgIpc) is 3.09. The molecule has 0 radical (unpaired) electrons. The molecule has 2 aromatic carbocycles. The zero-order chi connectivity index (χ0) is 24.2. The van der Waals surface area contributed by atoms with Gasteiger partial charge in [-0.3, -0.25) is 4.79 Å². The molecular weight excluding hydrogens is 439 g/mol. The van der Waals surface area contributed by atoms with Crippen LogP contribution in [0, 0.1) is 0 Å². The topological polar surface area (TPSA) is 90.9 Å². The van der Waals surface area contributed by atoms with Crippen molar-refractivity contribution in [3.05, 3.63) is 70.9 Å². The van der Waals surface area contributed by atoms with Gasteiger partial charge in [-0.05, 0) is 30.7 Å². The molecule has 0 saturated carbocycles. The number of hydrogen-bond donors (Lipinski definition) is 3. The van der Waals surface area contributed by atoms with Crippen LogP contribution in [0.3, 0.4) is 0 Å². The quantitative estimate of drug-likeness (QED) is 0.519. The summed E-state index contributed by atoms with van der Waals surface area (Å²) in [6.07, 6.45) is -4.61. The molecule has 1 aliphatic rings. The Kier molecular flexibility index (Phi) is 7.27. The minimum Gasteiger partial charge on any atom is -0.466 e. The van der Waals surface area contributed by atoms with E-state index in [0.717, 1.165) is 24.8 Å². The molecule has 7 nitrogen and oxygen atoms in total. The first-order valence-corrected chi connectivity index (χ1v) is 10.2. The number of methoxy groups -OCH3 is 1. The summed E-state index contributed by atoms with van der Waals surface area (Å²) >= 11 is 0. The molecule has 1 amide bonds. The standard InChI is InChI=1S/C23H24F3N3O4/c1-14(15-6-4-3-5-7-15)27-18-9-8-16(23(24,25)26)12-19(18)28-20-17(22(32)33-2)13-29(10-11-30)21(20)31/h3-9,12,14,27-28,30H,10-11,13H2,1-2H3. The van der Waals surface area contributed by atoms with Crippen LogP contribution in [-0.4, -0.2) is 48.7 Å². The Bertz CT molecular complexity index is 1050. The number of nitrogens with zero attached hydrogens (tertiary/aromatic N) is 1. The summed E-state index contributed by atoms with van der Waals surface area (Å²) in [6, 6.07) is 12.1. The number of carbonyl (C=O) groups excluding carboxylic acids is 2. The van der Waals surface area contributed by atoms with Crippen molar-refractivity contribution in [1.29, 1.82) is 0 Å². The Morgan fingerprint density at radius 1 is 1.18 bits per heavy atom. The zero-order valence-electron chi connectivity index (χ0n) is 18.1. The smallest absolute Gasteiger partial charge is 0.416 e. The lowest BCUT2D eigenvalue weighted by atomic mass is 10.1. The van der Waals surface area contributed by atoms with Crippen molar-refractivity contribution >= 4 is 23.3 Å². The number of aliphatic hydroxyl groups is 1. The number of amides is 1. The van der Waals surface area contributed by atoms with Gasteiger partial charge >= 0.3 is 12.1 Å². The van der Waals surface area contributed by atoms with Crippen molar-refractivity contribution in [1.82, 2.24) is 4.90 Å². The van der Waals surface area contributed by atoms with Crippen LogP contribution in [0.1, 0.15) is 24.1 Å². The maximum Gasteiger partial charge on any atom is 0.416 e. The van der Waals surface area contributed by atoms with Crippen LogP contribution in [0.2, 0.25) is 0 Å². The Morgan fingerprint density at radius 2 is 1.88 bits per heavy atom. The summed E-state index contributed by atoms with van der Waals surface area (Å²) in [5.74, 6) is -1.41. The monoisotopic (exact) mass is 463 g/mol. The van der Waals surface area contributed by atoms with Gasteiger partial charge in [-0.2, -0.15) is 13.2 Å². The molecule has 176 valence electrons. The number of hydrogen-bond acceptors (Lipinski definition) is 6. The number of esters is 1. The second kappa shape index (κ2) is 9.95. The summed E-state index contributed by atoms with van der Waals surface area (Å²) in [7, 11) is 1.14. The minimum atomic E-state index is -4.61. The predicted octanol–water partition coefficient (Wildman–Crippen LogP) is 3.55. The molecule has 1 unspecified atom stereocenters.